The summed E-state index contributed by atoms with van der Waals surface area (Å²) in [5, 5.41) is 12.6. The average molecular weight is 390 g/mol. The maximum atomic E-state index is 12.8. The SMILES string of the molecule is CC(=O)C1=C(Nc2ccccc2)C=C(c2ccccc2)CC1c1ccc(C#N)cc1. The van der Waals surface area contributed by atoms with Crippen molar-refractivity contribution in [3.8, 4) is 6.07 Å². The second kappa shape index (κ2) is 8.63. The highest BCUT2D eigenvalue weighted by atomic mass is 16.1. The van der Waals surface area contributed by atoms with Crippen LogP contribution in [0.1, 0.15) is 36.0 Å². The van der Waals surface area contributed by atoms with Crippen LogP contribution in [-0.4, -0.2) is 5.78 Å². The molecule has 1 atom stereocenters. The minimum atomic E-state index is -0.0818. The molecule has 0 radical (unpaired) electrons. The molecule has 0 fully saturated rings. The van der Waals surface area contributed by atoms with E-state index in [1.54, 1.807) is 6.92 Å². The molecule has 1 aliphatic carbocycles. The van der Waals surface area contributed by atoms with E-state index >= 15 is 0 Å². The van der Waals surface area contributed by atoms with E-state index in [0.29, 0.717) is 5.56 Å². The topological polar surface area (TPSA) is 52.9 Å². The Bertz CT molecular complexity index is 1150. The van der Waals surface area contributed by atoms with Crippen molar-refractivity contribution in [2.24, 2.45) is 0 Å². The van der Waals surface area contributed by atoms with E-state index in [4.69, 9.17) is 5.26 Å². The van der Waals surface area contributed by atoms with Crippen LogP contribution in [0, 0.1) is 11.3 Å². The number of benzene rings is 3. The molecule has 3 aromatic carbocycles. The first-order valence-corrected chi connectivity index (χ1v) is 9.99. The highest BCUT2D eigenvalue weighted by Gasteiger charge is 2.29. The largest absolute Gasteiger partial charge is 0.355 e. The fraction of sp³-hybridized carbons (Fsp3) is 0.111. The second-order valence-corrected chi connectivity index (χ2v) is 7.40. The van der Waals surface area contributed by atoms with Crippen molar-refractivity contribution in [3.63, 3.8) is 0 Å². The Balaban J connectivity index is 1.85. The van der Waals surface area contributed by atoms with Crippen molar-refractivity contribution in [1.82, 2.24) is 0 Å². The highest BCUT2D eigenvalue weighted by molar-refractivity contribution is 5.98. The number of ketones is 1. The Labute approximate surface area is 177 Å². The molecule has 4 rings (SSSR count). The van der Waals surface area contributed by atoms with Crippen LogP contribution in [0.2, 0.25) is 0 Å². The van der Waals surface area contributed by atoms with Crippen LogP contribution in [0.4, 0.5) is 5.69 Å². The number of rotatable bonds is 5. The first kappa shape index (κ1) is 19.4. The Morgan fingerprint density at radius 1 is 0.933 bits per heavy atom. The van der Waals surface area contributed by atoms with Gasteiger partial charge in [-0.1, -0.05) is 60.7 Å². The second-order valence-electron chi connectivity index (χ2n) is 7.40. The first-order valence-electron chi connectivity index (χ1n) is 9.99. The number of nitrogens with one attached hydrogen (secondary N) is 1. The van der Waals surface area contributed by atoms with Crippen molar-refractivity contribution in [1.29, 1.82) is 5.26 Å². The summed E-state index contributed by atoms with van der Waals surface area (Å²) in [6.07, 6.45) is 2.82. The van der Waals surface area contributed by atoms with Gasteiger partial charge in [-0.2, -0.15) is 5.26 Å². The number of para-hydroxylation sites is 1. The van der Waals surface area contributed by atoms with Gasteiger partial charge in [0.1, 0.15) is 0 Å². The van der Waals surface area contributed by atoms with E-state index in [-0.39, 0.29) is 11.7 Å². The summed E-state index contributed by atoms with van der Waals surface area (Å²) >= 11 is 0. The van der Waals surface area contributed by atoms with Crippen molar-refractivity contribution >= 4 is 17.0 Å². The minimum Gasteiger partial charge on any atom is -0.355 e. The van der Waals surface area contributed by atoms with Gasteiger partial charge in [-0.25, -0.2) is 0 Å². The molecule has 1 unspecified atom stereocenters. The van der Waals surface area contributed by atoms with Gasteiger partial charge in [-0.3, -0.25) is 4.79 Å². The Morgan fingerprint density at radius 3 is 2.17 bits per heavy atom. The lowest BCUT2D eigenvalue weighted by Gasteiger charge is -2.29. The predicted octanol–water partition coefficient (Wildman–Crippen LogP) is 6.08. The number of carbonyl (C=O) groups excluding carboxylic acids is 1. The van der Waals surface area contributed by atoms with E-state index in [0.717, 1.165) is 34.5 Å². The fourth-order valence-corrected chi connectivity index (χ4v) is 3.96. The quantitative estimate of drug-likeness (QED) is 0.574. The monoisotopic (exact) mass is 390 g/mol. The lowest BCUT2D eigenvalue weighted by atomic mass is 9.77. The van der Waals surface area contributed by atoms with Gasteiger partial charge in [0, 0.05) is 22.9 Å². The summed E-state index contributed by atoms with van der Waals surface area (Å²) in [7, 11) is 0. The van der Waals surface area contributed by atoms with Gasteiger partial charge in [0.15, 0.2) is 5.78 Å². The standard InChI is InChI=1S/C27H22N2O/c1-19(30)27-25(22-14-12-20(18-28)13-15-22)16-23(21-8-4-2-5-9-21)17-26(27)29-24-10-6-3-7-11-24/h2-15,17,25,29H,16H2,1H3. The third kappa shape index (κ3) is 4.09. The van der Waals surface area contributed by atoms with Gasteiger partial charge in [0.2, 0.25) is 0 Å². The third-order valence-electron chi connectivity index (χ3n) is 5.40. The van der Waals surface area contributed by atoms with Crippen LogP contribution in [0.3, 0.4) is 0 Å². The van der Waals surface area contributed by atoms with E-state index < -0.39 is 0 Å². The summed E-state index contributed by atoms with van der Waals surface area (Å²) in [4.78, 5) is 12.8. The van der Waals surface area contributed by atoms with Crippen LogP contribution in [0.5, 0.6) is 0 Å². The number of anilines is 1. The van der Waals surface area contributed by atoms with Gasteiger partial charge in [0.25, 0.3) is 0 Å². The molecule has 1 aliphatic rings. The van der Waals surface area contributed by atoms with Crippen molar-refractivity contribution in [3.05, 3.63) is 119 Å². The lowest BCUT2D eigenvalue weighted by molar-refractivity contribution is -0.113. The number of hydrogen-bond acceptors (Lipinski definition) is 3. The number of carbonyl (C=O) groups is 1. The van der Waals surface area contributed by atoms with Crippen molar-refractivity contribution in [2.45, 2.75) is 19.3 Å². The van der Waals surface area contributed by atoms with Crippen LogP contribution < -0.4 is 5.32 Å². The zero-order valence-electron chi connectivity index (χ0n) is 16.8. The fourth-order valence-electron chi connectivity index (χ4n) is 3.96. The Kier molecular flexibility index (Phi) is 5.59. The summed E-state index contributed by atoms with van der Waals surface area (Å²) < 4.78 is 0. The molecule has 30 heavy (non-hydrogen) atoms. The number of hydrogen-bond donors (Lipinski definition) is 1. The Morgan fingerprint density at radius 2 is 1.57 bits per heavy atom. The van der Waals surface area contributed by atoms with Crippen LogP contribution in [-0.2, 0) is 4.79 Å². The minimum absolute atomic E-state index is 0.0474. The maximum Gasteiger partial charge on any atom is 0.158 e. The smallest absolute Gasteiger partial charge is 0.158 e. The van der Waals surface area contributed by atoms with E-state index in [9.17, 15) is 4.79 Å². The molecule has 0 aliphatic heterocycles. The number of nitrogens with zero attached hydrogens (tertiary/aromatic N) is 1. The van der Waals surface area contributed by atoms with E-state index in [1.807, 2.05) is 72.8 Å². The Hall–Kier alpha value is -3.90. The predicted molar refractivity (Wildman–Crippen MR) is 121 cm³/mol. The lowest BCUT2D eigenvalue weighted by Crippen LogP contribution is -2.19. The van der Waals surface area contributed by atoms with Gasteiger partial charge in [-0.05, 0) is 60.4 Å². The normalized spacial score (nSPS) is 15.9. The molecule has 3 aromatic rings. The molecular weight excluding hydrogens is 368 g/mol. The zero-order valence-corrected chi connectivity index (χ0v) is 16.8. The zero-order chi connectivity index (χ0) is 20.9. The van der Waals surface area contributed by atoms with Crippen molar-refractivity contribution < 1.29 is 4.79 Å². The van der Waals surface area contributed by atoms with Crippen LogP contribution in [0.15, 0.2) is 102 Å². The molecule has 3 nitrogen and oxygen atoms in total. The summed E-state index contributed by atoms with van der Waals surface area (Å²) in [6.45, 7) is 1.63. The van der Waals surface area contributed by atoms with Gasteiger partial charge in [-0.15, -0.1) is 0 Å². The molecule has 1 N–H and O–H groups in total. The van der Waals surface area contributed by atoms with Crippen LogP contribution >= 0.6 is 0 Å². The summed E-state index contributed by atoms with van der Waals surface area (Å²) in [6, 6.07) is 29.9. The van der Waals surface area contributed by atoms with Crippen LogP contribution in [0.25, 0.3) is 5.57 Å². The molecular formula is C27H22N2O. The van der Waals surface area contributed by atoms with E-state index in [2.05, 4.69) is 29.6 Å². The van der Waals surface area contributed by atoms with Crippen molar-refractivity contribution in [2.75, 3.05) is 5.32 Å². The van der Waals surface area contributed by atoms with Gasteiger partial charge >= 0.3 is 0 Å². The average Bonchev–Trinajstić information content (AvgIpc) is 2.79. The first-order chi connectivity index (χ1) is 14.7. The summed E-state index contributed by atoms with van der Waals surface area (Å²) in [5.41, 5.74) is 6.50. The van der Waals surface area contributed by atoms with E-state index in [1.165, 1.54) is 5.57 Å². The molecule has 0 aromatic heterocycles. The molecule has 0 heterocycles. The molecule has 0 amide bonds. The van der Waals surface area contributed by atoms with Gasteiger partial charge in [0.05, 0.1) is 11.6 Å². The molecule has 0 bridgehead atoms. The third-order valence-corrected chi connectivity index (χ3v) is 5.40. The number of allylic oxidation sites excluding steroid dienone is 3. The highest BCUT2D eigenvalue weighted by Crippen LogP contribution is 2.41. The number of nitriles is 1. The number of Topliss-reactive ketones (excluding diaryl/α,β-unsaturated/α-hetero) is 1. The maximum absolute atomic E-state index is 12.8. The molecule has 0 spiro atoms. The summed E-state index contributed by atoms with van der Waals surface area (Å²) in [5.74, 6) is -0.0344. The molecule has 3 heteroatoms. The van der Waals surface area contributed by atoms with Gasteiger partial charge < -0.3 is 5.32 Å². The molecule has 0 saturated heterocycles. The molecule has 0 saturated carbocycles. The molecule has 146 valence electrons.